The highest BCUT2D eigenvalue weighted by Gasteiger charge is 2.45. The van der Waals surface area contributed by atoms with E-state index in [2.05, 4.69) is 28.9 Å². The Labute approximate surface area is 197 Å². The van der Waals surface area contributed by atoms with Crippen LogP contribution in [0.4, 0.5) is 13.2 Å². The smallest absolute Gasteiger partial charge is 0.354 e. The molecule has 0 unspecified atom stereocenters. The predicted molar refractivity (Wildman–Crippen MR) is 125 cm³/mol. The maximum Gasteiger partial charge on any atom is 0.393 e. The molecule has 0 saturated carbocycles. The van der Waals surface area contributed by atoms with Crippen molar-refractivity contribution in [2.75, 3.05) is 13.1 Å². The monoisotopic (exact) mass is 490 g/mol. The van der Waals surface area contributed by atoms with E-state index in [-0.39, 0.29) is 25.4 Å². The molecule has 1 amide bonds. The molecule has 5 heterocycles. The van der Waals surface area contributed by atoms with E-state index in [1.165, 1.54) is 22.6 Å². The first-order valence-electron chi connectivity index (χ1n) is 11.1. The zero-order valence-corrected chi connectivity index (χ0v) is 19.8. The summed E-state index contributed by atoms with van der Waals surface area (Å²) in [5.41, 5.74) is 11.4. The number of pyridine rings is 1. The molecule has 2 atom stereocenters. The standard InChI is InChI=1S/C23H25F3N6OS/c1-11(2)18-19(13-4-12(3)21-28-10-29-32(21)7-13)30-16-6-17(34-20(16)18)22(33)31-8-14(23(24,25)26)5-15(27)9-31/h4,6-7,10-11,14-15,30H,5,8-9,27H2,1-3H3/t14-,15+/m1/s1. The molecule has 34 heavy (non-hydrogen) atoms. The third-order valence-corrected chi connectivity index (χ3v) is 7.53. The third kappa shape index (κ3) is 3.86. The van der Waals surface area contributed by atoms with Gasteiger partial charge in [0, 0.05) is 30.9 Å². The number of hydrogen-bond donors (Lipinski definition) is 2. The second-order valence-electron chi connectivity index (χ2n) is 9.31. The molecular formula is C23H25F3N6OS. The second-order valence-corrected chi connectivity index (χ2v) is 10.4. The lowest BCUT2D eigenvalue weighted by molar-refractivity contribution is -0.185. The Bertz CT molecular complexity index is 1380. The minimum Gasteiger partial charge on any atom is -0.354 e. The van der Waals surface area contributed by atoms with Crippen molar-refractivity contribution < 1.29 is 18.0 Å². The second kappa shape index (κ2) is 8.09. The predicted octanol–water partition coefficient (Wildman–Crippen LogP) is 4.72. The van der Waals surface area contributed by atoms with Crippen molar-refractivity contribution in [2.45, 2.75) is 45.3 Å². The van der Waals surface area contributed by atoms with Gasteiger partial charge < -0.3 is 15.6 Å². The van der Waals surface area contributed by atoms with Crippen LogP contribution in [0.1, 0.15) is 47.0 Å². The van der Waals surface area contributed by atoms with Gasteiger partial charge in [0.1, 0.15) is 6.33 Å². The number of carbonyl (C=O) groups excluding carboxylic acids is 1. The van der Waals surface area contributed by atoms with Gasteiger partial charge >= 0.3 is 6.18 Å². The first-order chi connectivity index (χ1) is 16.0. The van der Waals surface area contributed by atoms with Crippen molar-refractivity contribution in [2.24, 2.45) is 11.7 Å². The van der Waals surface area contributed by atoms with Gasteiger partial charge in [0.15, 0.2) is 5.65 Å². The third-order valence-electron chi connectivity index (χ3n) is 6.37. The summed E-state index contributed by atoms with van der Waals surface area (Å²) in [6, 6.07) is 3.09. The first kappa shape index (κ1) is 22.9. The van der Waals surface area contributed by atoms with Crippen LogP contribution in [0.2, 0.25) is 0 Å². The number of amides is 1. The van der Waals surface area contributed by atoms with Crippen LogP contribution in [0.5, 0.6) is 0 Å². The SMILES string of the molecule is Cc1cc(-c2[nH]c3cc(C(=O)N4C[C@@H](N)C[C@@H](C(F)(F)F)C4)sc3c2C(C)C)cn2ncnc12. The van der Waals surface area contributed by atoms with E-state index < -0.39 is 24.0 Å². The number of hydrogen-bond acceptors (Lipinski definition) is 5. The number of halogens is 3. The van der Waals surface area contributed by atoms with Crippen LogP contribution in [0.3, 0.4) is 0 Å². The molecule has 180 valence electrons. The lowest BCUT2D eigenvalue weighted by Crippen LogP contribution is -2.52. The zero-order chi connectivity index (χ0) is 24.4. The number of fused-ring (bicyclic) bond motifs is 2. The van der Waals surface area contributed by atoms with Crippen LogP contribution >= 0.6 is 11.3 Å². The molecule has 5 rings (SSSR count). The van der Waals surface area contributed by atoms with E-state index in [9.17, 15) is 18.0 Å². The Morgan fingerprint density at radius 1 is 1.29 bits per heavy atom. The Morgan fingerprint density at radius 3 is 2.76 bits per heavy atom. The quantitative estimate of drug-likeness (QED) is 0.435. The first-order valence-corrected chi connectivity index (χ1v) is 11.9. The number of piperidine rings is 1. The molecule has 3 N–H and O–H groups in total. The Hall–Kier alpha value is -2.92. The largest absolute Gasteiger partial charge is 0.393 e. The Balaban J connectivity index is 1.52. The van der Waals surface area contributed by atoms with E-state index in [1.54, 1.807) is 10.6 Å². The fourth-order valence-electron chi connectivity index (χ4n) is 4.81. The van der Waals surface area contributed by atoms with Gasteiger partial charge in [-0.15, -0.1) is 11.3 Å². The number of likely N-dealkylation sites (tertiary alicyclic amines) is 1. The van der Waals surface area contributed by atoms with Crippen molar-refractivity contribution in [3.05, 3.63) is 40.7 Å². The summed E-state index contributed by atoms with van der Waals surface area (Å²) in [6.07, 6.45) is -1.11. The summed E-state index contributed by atoms with van der Waals surface area (Å²) in [5, 5.41) is 4.25. The molecule has 11 heteroatoms. The number of aryl methyl sites for hydroxylation is 1. The van der Waals surface area contributed by atoms with Gasteiger partial charge in [0.05, 0.1) is 26.7 Å². The van der Waals surface area contributed by atoms with E-state index in [1.807, 2.05) is 19.2 Å². The number of nitrogens with two attached hydrogens (primary N) is 1. The normalized spacial score (nSPS) is 19.6. The number of aromatic nitrogens is 4. The molecule has 1 aliphatic rings. The van der Waals surface area contributed by atoms with Crippen LogP contribution in [-0.2, 0) is 0 Å². The van der Waals surface area contributed by atoms with Crippen molar-refractivity contribution >= 4 is 33.1 Å². The van der Waals surface area contributed by atoms with Crippen molar-refractivity contribution in [3.8, 4) is 11.3 Å². The number of alkyl halides is 3. The maximum absolute atomic E-state index is 13.3. The van der Waals surface area contributed by atoms with Gasteiger partial charge in [-0.25, -0.2) is 9.50 Å². The fraction of sp³-hybridized carbons (Fsp3) is 0.435. The lowest BCUT2D eigenvalue weighted by Gasteiger charge is -2.36. The molecule has 1 aliphatic heterocycles. The van der Waals surface area contributed by atoms with E-state index >= 15 is 0 Å². The van der Waals surface area contributed by atoms with E-state index in [0.717, 1.165) is 38.2 Å². The fourth-order valence-corrected chi connectivity index (χ4v) is 6.09. The highest BCUT2D eigenvalue weighted by atomic mass is 32.1. The lowest BCUT2D eigenvalue weighted by atomic mass is 9.94. The summed E-state index contributed by atoms with van der Waals surface area (Å²) >= 11 is 1.31. The van der Waals surface area contributed by atoms with E-state index in [4.69, 9.17) is 5.73 Å². The highest BCUT2D eigenvalue weighted by Crippen LogP contribution is 2.41. The molecule has 1 saturated heterocycles. The molecule has 4 aromatic rings. The summed E-state index contributed by atoms with van der Waals surface area (Å²) in [7, 11) is 0. The van der Waals surface area contributed by atoms with Gasteiger partial charge in [-0.3, -0.25) is 4.79 Å². The van der Waals surface area contributed by atoms with Gasteiger partial charge in [-0.1, -0.05) is 13.8 Å². The van der Waals surface area contributed by atoms with Gasteiger partial charge in [-0.2, -0.15) is 18.3 Å². The summed E-state index contributed by atoms with van der Waals surface area (Å²) in [4.78, 5) is 22.5. The summed E-state index contributed by atoms with van der Waals surface area (Å²) in [6.45, 7) is 5.89. The minimum absolute atomic E-state index is 0.122. The van der Waals surface area contributed by atoms with Crippen LogP contribution in [0.25, 0.3) is 27.1 Å². The number of aromatic amines is 1. The molecular weight excluding hydrogens is 465 g/mol. The molecule has 1 fully saturated rings. The average Bonchev–Trinajstić information content (AvgIpc) is 3.45. The number of nitrogens with one attached hydrogen (secondary N) is 1. The summed E-state index contributed by atoms with van der Waals surface area (Å²) < 4.78 is 42.6. The van der Waals surface area contributed by atoms with Crippen molar-refractivity contribution in [3.63, 3.8) is 0 Å². The van der Waals surface area contributed by atoms with E-state index in [0.29, 0.717) is 4.88 Å². The van der Waals surface area contributed by atoms with Crippen LogP contribution in [0.15, 0.2) is 24.7 Å². The number of rotatable bonds is 3. The number of nitrogens with zero attached hydrogens (tertiary/aromatic N) is 4. The van der Waals surface area contributed by atoms with Crippen LogP contribution in [0, 0.1) is 12.8 Å². The molecule has 7 nitrogen and oxygen atoms in total. The van der Waals surface area contributed by atoms with Crippen LogP contribution in [-0.4, -0.2) is 55.7 Å². The summed E-state index contributed by atoms with van der Waals surface area (Å²) in [5.74, 6) is -1.86. The topological polar surface area (TPSA) is 92.3 Å². The number of thiophene rings is 1. The van der Waals surface area contributed by atoms with Gasteiger partial charge in [0.2, 0.25) is 0 Å². The molecule has 0 bridgehead atoms. The Kier molecular flexibility index (Phi) is 5.44. The maximum atomic E-state index is 13.3. The van der Waals surface area contributed by atoms with Crippen LogP contribution < -0.4 is 5.73 Å². The Morgan fingerprint density at radius 2 is 2.06 bits per heavy atom. The molecule has 0 aliphatic carbocycles. The molecule has 0 spiro atoms. The number of carbonyl (C=O) groups is 1. The van der Waals surface area contributed by atoms with Crippen molar-refractivity contribution in [1.29, 1.82) is 0 Å². The highest BCUT2D eigenvalue weighted by molar-refractivity contribution is 7.21. The average molecular weight is 491 g/mol. The van der Waals surface area contributed by atoms with Crippen molar-refractivity contribution in [1.82, 2.24) is 24.5 Å². The minimum atomic E-state index is -4.37. The zero-order valence-electron chi connectivity index (χ0n) is 19.0. The molecule has 0 radical (unpaired) electrons. The van der Waals surface area contributed by atoms with Gasteiger partial charge in [0.25, 0.3) is 5.91 Å². The number of H-pyrrole nitrogens is 1. The van der Waals surface area contributed by atoms with Gasteiger partial charge in [-0.05, 0) is 42.5 Å². The molecule has 0 aromatic carbocycles. The molecule has 4 aromatic heterocycles.